The molecule has 1 aliphatic heterocycles. The fourth-order valence-electron chi connectivity index (χ4n) is 2.45. The molecule has 2 unspecified atom stereocenters. The van der Waals surface area contributed by atoms with Gasteiger partial charge in [0.15, 0.2) is 0 Å². The lowest BCUT2D eigenvalue weighted by atomic mass is 10.1. The molecule has 0 saturated carbocycles. The SMILES string of the molecule is COc1ccc(OC)c(C(O)CN2CCOCC2C)c1. The van der Waals surface area contributed by atoms with Crippen LogP contribution in [0.1, 0.15) is 18.6 Å². The van der Waals surface area contributed by atoms with E-state index in [0.29, 0.717) is 31.5 Å². The number of nitrogens with zero attached hydrogens (tertiary/aromatic N) is 1. The second-order valence-corrected chi connectivity index (χ2v) is 5.04. The molecule has 1 aromatic rings. The lowest BCUT2D eigenvalue weighted by molar-refractivity contribution is -0.0206. The van der Waals surface area contributed by atoms with Gasteiger partial charge in [0.2, 0.25) is 0 Å². The second kappa shape index (κ2) is 6.92. The van der Waals surface area contributed by atoms with E-state index in [4.69, 9.17) is 14.2 Å². The quantitative estimate of drug-likeness (QED) is 0.885. The lowest BCUT2D eigenvalue weighted by Gasteiger charge is -2.34. The number of ether oxygens (including phenoxy) is 3. The molecule has 112 valence electrons. The second-order valence-electron chi connectivity index (χ2n) is 5.04. The maximum absolute atomic E-state index is 10.5. The van der Waals surface area contributed by atoms with Crippen LogP contribution in [0, 0.1) is 0 Å². The van der Waals surface area contributed by atoms with Gasteiger partial charge in [-0.25, -0.2) is 0 Å². The molecule has 5 heteroatoms. The van der Waals surface area contributed by atoms with Gasteiger partial charge in [-0.05, 0) is 25.1 Å². The third-order valence-corrected chi connectivity index (χ3v) is 3.71. The summed E-state index contributed by atoms with van der Waals surface area (Å²) in [7, 11) is 3.22. The van der Waals surface area contributed by atoms with E-state index < -0.39 is 6.10 Å². The minimum absolute atomic E-state index is 0.315. The van der Waals surface area contributed by atoms with Crippen molar-refractivity contribution in [3.05, 3.63) is 23.8 Å². The van der Waals surface area contributed by atoms with Crippen LogP contribution in [0.5, 0.6) is 11.5 Å². The van der Waals surface area contributed by atoms with Crippen LogP contribution >= 0.6 is 0 Å². The van der Waals surface area contributed by atoms with Crippen LogP contribution in [0.3, 0.4) is 0 Å². The molecule has 2 rings (SSSR count). The summed E-state index contributed by atoms with van der Waals surface area (Å²) in [5.74, 6) is 1.40. The van der Waals surface area contributed by atoms with Gasteiger partial charge in [0, 0.05) is 24.7 Å². The van der Waals surface area contributed by atoms with Gasteiger partial charge in [-0.15, -0.1) is 0 Å². The summed E-state index contributed by atoms with van der Waals surface area (Å²) in [5, 5.41) is 10.5. The minimum atomic E-state index is -0.611. The molecule has 0 aliphatic carbocycles. The first-order chi connectivity index (χ1) is 9.65. The Bertz CT molecular complexity index is 438. The average molecular weight is 281 g/mol. The monoisotopic (exact) mass is 281 g/mol. The largest absolute Gasteiger partial charge is 0.497 e. The molecule has 1 aromatic carbocycles. The highest BCUT2D eigenvalue weighted by molar-refractivity contribution is 5.41. The summed E-state index contributed by atoms with van der Waals surface area (Å²) in [6, 6.07) is 5.79. The Morgan fingerprint density at radius 1 is 1.40 bits per heavy atom. The number of benzene rings is 1. The van der Waals surface area contributed by atoms with Gasteiger partial charge in [0.05, 0.1) is 33.5 Å². The summed E-state index contributed by atoms with van der Waals surface area (Å²) in [4.78, 5) is 2.23. The number of hydrogen-bond donors (Lipinski definition) is 1. The predicted molar refractivity (Wildman–Crippen MR) is 76.4 cm³/mol. The van der Waals surface area contributed by atoms with Crippen molar-refractivity contribution in [3.63, 3.8) is 0 Å². The zero-order valence-electron chi connectivity index (χ0n) is 12.3. The number of aliphatic hydroxyl groups is 1. The van der Waals surface area contributed by atoms with Crippen molar-refractivity contribution < 1.29 is 19.3 Å². The van der Waals surface area contributed by atoms with Crippen molar-refractivity contribution in [1.29, 1.82) is 0 Å². The Morgan fingerprint density at radius 2 is 2.20 bits per heavy atom. The van der Waals surface area contributed by atoms with E-state index in [-0.39, 0.29) is 0 Å². The summed E-state index contributed by atoms with van der Waals surface area (Å²) in [6.45, 7) is 4.93. The molecular weight excluding hydrogens is 258 g/mol. The van der Waals surface area contributed by atoms with E-state index in [9.17, 15) is 5.11 Å². The molecule has 0 bridgehead atoms. The Kier molecular flexibility index (Phi) is 5.23. The number of hydrogen-bond acceptors (Lipinski definition) is 5. The highest BCUT2D eigenvalue weighted by Crippen LogP contribution is 2.30. The number of morpholine rings is 1. The molecule has 0 radical (unpaired) electrons. The number of β-amino-alcohol motifs (C(OH)–C–C–N with tert-alkyl or cyclic N) is 1. The maximum Gasteiger partial charge on any atom is 0.124 e. The average Bonchev–Trinajstić information content (AvgIpc) is 2.48. The smallest absolute Gasteiger partial charge is 0.124 e. The van der Waals surface area contributed by atoms with Gasteiger partial charge in [-0.3, -0.25) is 4.90 Å². The van der Waals surface area contributed by atoms with Crippen molar-refractivity contribution in [2.24, 2.45) is 0 Å². The van der Waals surface area contributed by atoms with Crippen molar-refractivity contribution >= 4 is 0 Å². The van der Waals surface area contributed by atoms with Crippen molar-refractivity contribution in [2.45, 2.75) is 19.1 Å². The van der Waals surface area contributed by atoms with Gasteiger partial charge >= 0.3 is 0 Å². The molecule has 0 spiro atoms. The van der Waals surface area contributed by atoms with E-state index >= 15 is 0 Å². The van der Waals surface area contributed by atoms with Crippen LogP contribution < -0.4 is 9.47 Å². The van der Waals surface area contributed by atoms with E-state index in [2.05, 4.69) is 11.8 Å². The highest BCUT2D eigenvalue weighted by atomic mass is 16.5. The first-order valence-electron chi connectivity index (χ1n) is 6.87. The Hall–Kier alpha value is -1.30. The van der Waals surface area contributed by atoms with E-state index in [1.807, 2.05) is 18.2 Å². The third kappa shape index (κ3) is 3.42. The summed E-state index contributed by atoms with van der Waals surface area (Å²) in [5.41, 5.74) is 0.755. The van der Waals surface area contributed by atoms with Crippen molar-refractivity contribution in [2.75, 3.05) is 40.5 Å². The Balaban J connectivity index is 2.12. The predicted octanol–water partition coefficient (Wildman–Crippen LogP) is 1.46. The van der Waals surface area contributed by atoms with E-state index in [1.54, 1.807) is 14.2 Å². The van der Waals surface area contributed by atoms with Gasteiger partial charge in [0.1, 0.15) is 11.5 Å². The number of methoxy groups -OCH3 is 2. The molecule has 0 aromatic heterocycles. The molecule has 1 fully saturated rings. The molecule has 1 aliphatic rings. The fraction of sp³-hybridized carbons (Fsp3) is 0.600. The van der Waals surface area contributed by atoms with Gasteiger partial charge < -0.3 is 19.3 Å². The van der Waals surface area contributed by atoms with Gasteiger partial charge in [-0.1, -0.05) is 0 Å². The summed E-state index contributed by atoms with van der Waals surface area (Å²) < 4.78 is 16.0. The van der Waals surface area contributed by atoms with Crippen LogP contribution in [0.15, 0.2) is 18.2 Å². The molecule has 20 heavy (non-hydrogen) atoms. The van der Waals surface area contributed by atoms with Crippen LogP contribution in [-0.4, -0.2) is 56.6 Å². The van der Waals surface area contributed by atoms with Crippen molar-refractivity contribution in [3.8, 4) is 11.5 Å². The first kappa shape index (κ1) is 15.1. The topological polar surface area (TPSA) is 51.2 Å². The standard InChI is InChI=1S/C15H23NO4/c1-11-10-20-7-6-16(11)9-14(17)13-8-12(18-2)4-5-15(13)19-3/h4-5,8,11,14,17H,6-7,9-10H2,1-3H3. The zero-order chi connectivity index (χ0) is 14.5. The van der Waals surface area contributed by atoms with Gasteiger partial charge in [-0.2, -0.15) is 0 Å². The minimum Gasteiger partial charge on any atom is -0.497 e. The Labute approximate surface area is 120 Å². The van der Waals surface area contributed by atoms with Crippen LogP contribution in [0.4, 0.5) is 0 Å². The Morgan fingerprint density at radius 3 is 2.85 bits per heavy atom. The van der Waals surface area contributed by atoms with Crippen LogP contribution in [0.25, 0.3) is 0 Å². The van der Waals surface area contributed by atoms with E-state index in [0.717, 1.165) is 17.9 Å². The molecular formula is C15H23NO4. The zero-order valence-corrected chi connectivity index (χ0v) is 12.3. The highest BCUT2D eigenvalue weighted by Gasteiger charge is 2.23. The summed E-state index contributed by atoms with van der Waals surface area (Å²) >= 11 is 0. The number of rotatable bonds is 5. The van der Waals surface area contributed by atoms with Crippen LogP contribution in [-0.2, 0) is 4.74 Å². The molecule has 5 nitrogen and oxygen atoms in total. The van der Waals surface area contributed by atoms with Crippen molar-refractivity contribution in [1.82, 2.24) is 4.90 Å². The summed E-state index contributed by atoms with van der Waals surface area (Å²) in [6.07, 6.45) is -0.611. The number of aliphatic hydroxyl groups excluding tert-OH is 1. The molecule has 1 saturated heterocycles. The third-order valence-electron chi connectivity index (χ3n) is 3.71. The molecule has 0 amide bonds. The molecule has 1 heterocycles. The fourth-order valence-corrected chi connectivity index (χ4v) is 2.45. The van der Waals surface area contributed by atoms with E-state index in [1.165, 1.54) is 0 Å². The lowest BCUT2D eigenvalue weighted by Crippen LogP contribution is -2.45. The normalized spacial score (nSPS) is 21.5. The van der Waals surface area contributed by atoms with Crippen LogP contribution in [0.2, 0.25) is 0 Å². The molecule has 1 N–H and O–H groups in total. The maximum atomic E-state index is 10.5. The van der Waals surface area contributed by atoms with Gasteiger partial charge in [0.25, 0.3) is 0 Å². The first-order valence-corrected chi connectivity index (χ1v) is 6.87. The molecule has 2 atom stereocenters.